The molecule has 0 aliphatic carbocycles. The molecule has 0 saturated heterocycles. The minimum absolute atomic E-state index is 0.0136. The third-order valence-electron chi connectivity index (χ3n) is 5.51. The normalized spacial score (nSPS) is 16.1. The SMILES string of the molecule is O=C1Cc2ccc(CC(=O)N3CC=C(c4c[nH]c5ncccc45)CC3)cc2N1. The summed E-state index contributed by atoms with van der Waals surface area (Å²) >= 11 is 0. The van der Waals surface area contributed by atoms with E-state index in [0.29, 0.717) is 25.9 Å². The van der Waals surface area contributed by atoms with E-state index >= 15 is 0 Å². The van der Waals surface area contributed by atoms with Gasteiger partial charge in [-0.05, 0) is 41.3 Å². The van der Waals surface area contributed by atoms with Crippen LogP contribution in [0.1, 0.15) is 23.1 Å². The highest BCUT2D eigenvalue weighted by atomic mass is 16.2. The highest BCUT2D eigenvalue weighted by Crippen LogP contribution is 2.29. The molecule has 0 fully saturated rings. The molecule has 3 aromatic rings. The number of benzene rings is 1. The second kappa shape index (κ2) is 6.64. The maximum absolute atomic E-state index is 12.7. The smallest absolute Gasteiger partial charge is 0.228 e. The Morgan fingerprint density at radius 2 is 2.18 bits per heavy atom. The first kappa shape index (κ1) is 16.7. The number of rotatable bonds is 3. The van der Waals surface area contributed by atoms with Crippen molar-refractivity contribution in [3.63, 3.8) is 0 Å². The summed E-state index contributed by atoms with van der Waals surface area (Å²) in [6, 6.07) is 9.82. The van der Waals surface area contributed by atoms with Crippen LogP contribution in [0, 0.1) is 0 Å². The van der Waals surface area contributed by atoms with Crippen molar-refractivity contribution < 1.29 is 9.59 Å². The zero-order chi connectivity index (χ0) is 19.1. The van der Waals surface area contributed by atoms with Crippen LogP contribution in [0.3, 0.4) is 0 Å². The van der Waals surface area contributed by atoms with Gasteiger partial charge in [-0.3, -0.25) is 9.59 Å². The van der Waals surface area contributed by atoms with Gasteiger partial charge in [0, 0.05) is 42.1 Å². The number of amides is 2. The van der Waals surface area contributed by atoms with Gasteiger partial charge >= 0.3 is 0 Å². The first-order valence-corrected chi connectivity index (χ1v) is 9.48. The molecule has 2 amide bonds. The molecular formula is C22H20N4O2. The topological polar surface area (TPSA) is 78.1 Å². The van der Waals surface area contributed by atoms with Gasteiger partial charge in [0.15, 0.2) is 0 Å². The molecule has 4 heterocycles. The number of carbonyl (C=O) groups excluding carboxylic acids is 2. The molecule has 0 atom stereocenters. The summed E-state index contributed by atoms with van der Waals surface area (Å²) in [5.41, 5.74) is 6.08. The van der Waals surface area contributed by atoms with Gasteiger partial charge in [0.1, 0.15) is 5.65 Å². The molecule has 0 saturated carbocycles. The molecule has 6 heteroatoms. The van der Waals surface area contributed by atoms with Gasteiger partial charge in [0.25, 0.3) is 0 Å². The van der Waals surface area contributed by atoms with Crippen LogP contribution in [0.4, 0.5) is 5.69 Å². The molecule has 1 aromatic carbocycles. The van der Waals surface area contributed by atoms with Gasteiger partial charge in [-0.2, -0.15) is 0 Å². The Morgan fingerprint density at radius 1 is 1.25 bits per heavy atom. The number of aromatic amines is 1. The number of aromatic nitrogens is 2. The molecule has 2 aliphatic rings. The third-order valence-corrected chi connectivity index (χ3v) is 5.51. The van der Waals surface area contributed by atoms with E-state index in [4.69, 9.17) is 0 Å². The van der Waals surface area contributed by atoms with Crippen molar-refractivity contribution in [1.29, 1.82) is 0 Å². The molecule has 0 bridgehead atoms. The third kappa shape index (κ3) is 2.97. The maximum Gasteiger partial charge on any atom is 0.228 e. The van der Waals surface area contributed by atoms with E-state index in [1.54, 1.807) is 6.20 Å². The lowest BCUT2D eigenvalue weighted by Crippen LogP contribution is -2.35. The van der Waals surface area contributed by atoms with E-state index in [2.05, 4.69) is 27.4 Å². The van der Waals surface area contributed by atoms with E-state index in [-0.39, 0.29) is 11.8 Å². The van der Waals surface area contributed by atoms with E-state index in [1.807, 2.05) is 35.4 Å². The Hall–Kier alpha value is -3.41. The monoisotopic (exact) mass is 372 g/mol. The quantitative estimate of drug-likeness (QED) is 0.742. The van der Waals surface area contributed by atoms with Gasteiger partial charge in [-0.15, -0.1) is 0 Å². The van der Waals surface area contributed by atoms with Gasteiger partial charge in [-0.25, -0.2) is 4.98 Å². The second-order valence-electron chi connectivity index (χ2n) is 7.31. The van der Waals surface area contributed by atoms with Gasteiger partial charge in [0.2, 0.25) is 11.8 Å². The Morgan fingerprint density at radius 3 is 3.04 bits per heavy atom. The second-order valence-corrected chi connectivity index (χ2v) is 7.31. The number of H-pyrrole nitrogens is 1. The average molecular weight is 372 g/mol. The summed E-state index contributed by atoms with van der Waals surface area (Å²) in [4.78, 5) is 33.7. The van der Waals surface area contributed by atoms with Crippen molar-refractivity contribution in [3.8, 4) is 0 Å². The fourth-order valence-corrected chi connectivity index (χ4v) is 4.02. The number of nitrogens with zero attached hydrogens (tertiary/aromatic N) is 2. The summed E-state index contributed by atoms with van der Waals surface area (Å²) in [5, 5.41) is 3.96. The molecule has 0 radical (unpaired) electrons. The highest BCUT2D eigenvalue weighted by Gasteiger charge is 2.21. The van der Waals surface area contributed by atoms with Crippen molar-refractivity contribution in [2.75, 3.05) is 18.4 Å². The van der Waals surface area contributed by atoms with Crippen molar-refractivity contribution in [2.24, 2.45) is 0 Å². The summed E-state index contributed by atoms with van der Waals surface area (Å²) in [5.74, 6) is 0.125. The number of pyridine rings is 1. The molecule has 2 aromatic heterocycles. The zero-order valence-electron chi connectivity index (χ0n) is 15.4. The average Bonchev–Trinajstić information content (AvgIpc) is 3.30. The number of fused-ring (bicyclic) bond motifs is 2. The van der Waals surface area contributed by atoms with Crippen molar-refractivity contribution in [1.82, 2.24) is 14.9 Å². The zero-order valence-corrected chi connectivity index (χ0v) is 15.4. The molecular weight excluding hydrogens is 352 g/mol. The van der Waals surface area contributed by atoms with Gasteiger partial charge < -0.3 is 15.2 Å². The van der Waals surface area contributed by atoms with E-state index < -0.39 is 0 Å². The summed E-state index contributed by atoms with van der Waals surface area (Å²) in [6.45, 7) is 1.32. The van der Waals surface area contributed by atoms with Crippen LogP contribution < -0.4 is 5.32 Å². The van der Waals surface area contributed by atoms with Gasteiger partial charge in [0.05, 0.1) is 12.8 Å². The highest BCUT2D eigenvalue weighted by molar-refractivity contribution is 5.99. The Kier molecular flexibility index (Phi) is 3.97. The molecule has 0 unspecified atom stereocenters. The summed E-state index contributed by atoms with van der Waals surface area (Å²) < 4.78 is 0. The molecule has 140 valence electrons. The summed E-state index contributed by atoms with van der Waals surface area (Å²) in [6.07, 6.45) is 7.52. The summed E-state index contributed by atoms with van der Waals surface area (Å²) in [7, 11) is 0. The maximum atomic E-state index is 12.7. The van der Waals surface area contributed by atoms with E-state index in [0.717, 1.165) is 34.3 Å². The Labute approximate surface area is 162 Å². The Balaban J connectivity index is 1.28. The van der Waals surface area contributed by atoms with Crippen LogP contribution >= 0.6 is 0 Å². The number of hydrogen-bond acceptors (Lipinski definition) is 3. The predicted molar refractivity (Wildman–Crippen MR) is 108 cm³/mol. The van der Waals surface area contributed by atoms with Crippen LogP contribution in [0.5, 0.6) is 0 Å². The minimum atomic E-state index is 0.0136. The van der Waals surface area contributed by atoms with Crippen molar-refractivity contribution in [3.05, 3.63) is 65.5 Å². The Bertz CT molecular complexity index is 1130. The molecule has 0 spiro atoms. The molecule has 2 aliphatic heterocycles. The fourth-order valence-electron chi connectivity index (χ4n) is 4.02. The number of anilines is 1. The largest absolute Gasteiger partial charge is 0.346 e. The fraction of sp³-hybridized carbons (Fsp3) is 0.227. The number of carbonyl (C=O) groups is 2. The molecule has 2 N–H and O–H groups in total. The van der Waals surface area contributed by atoms with E-state index in [1.165, 1.54) is 11.1 Å². The standard InChI is InChI=1S/C22H20N4O2/c27-20-12-16-4-3-14(10-19(16)25-20)11-21(28)26-8-5-15(6-9-26)18-13-24-22-17(18)2-1-7-23-22/h1-5,7,10,13H,6,8-9,11-12H2,(H,23,24)(H,25,27). The lowest BCUT2D eigenvalue weighted by Gasteiger charge is -2.26. The van der Waals surface area contributed by atoms with Gasteiger partial charge in [-0.1, -0.05) is 18.2 Å². The lowest BCUT2D eigenvalue weighted by molar-refractivity contribution is -0.130. The van der Waals surface area contributed by atoms with Crippen LogP contribution in [-0.2, 0) is 22.4 Å². The first-order chi connectivity index (χ1) is 13.7. The van der Waals surface area contributed by atoms with Crippen LogP contribution in [-0.4, -0.2) is 39.8 Å². The van der Waals surface area contributed by atoms with Crippen molar-refractivity contribution in [2.45, 2.75) is 19.3 Å². The van der Waals surface area contributed by atoms with Crippen LogP contribution in [0.25, 0.3) is 16.6 Å². The van der Waals surface area contributed by atoms with Crippen LogP contribution in [0.2, 0.25) is 0 Å². The first-order valence-electron chi connectivity index (χ1n) is 9.48. The molecule has 5 rings (SSSR count). The lowest BCUT2D eigenvalue weighted by atomic mass is 9.99. The molecule has 6 nitrogen and oxygen atoms in total. The van der Waals surface area contributed by atoms with Crippen molar-refractivity contribution >= 4 is 34.1 Å². The van der Waals surface area contributed by atoms with Crippen LogP contribution in [0.15, 0.2) is 48.8 Å². The number of hydrogen-bond donors (Lipinski definition) is 2. The molecule has 28 heavy (non-hydrogen) atoms. The predicted octanol–water partition coefficient (Wildman–Crippen LogP) is 2.92. The minimum Gasteiger partial charge on any atom is -0.346 e. The van der Waals surface area contributed by atoms with E-state index in [9.17, 15) is 9.59 Å². The number of nitrogens with one attached hydrogen (secondary N) is 2.